The fraction of sp³-hybridized carbons (Fsp3) is 0.279. The predicted octanol–water partition coefficient (Wildman–Crippen LogP) is 16.5. The first-order chi connectivity index (χ1) is 32.5. The molecule has 8 bridgehead atoms. The summed E-state index contributed by atoms with van der Waals surface area (Å²) in [5, 5.41) is 0.489. The maximum absolute atomic E-state index is 14.8. The minimum absolute atomic E-state index is 0.489. The molecule has 0 saturated heterocycles. The van der Waals surface area contributed by atoms with E-state index in [9.17, 15) is 4.57 Å². The lowest BCUT2D eigenvalue weighted by Crippen LogP contribution is -2.28. The third kappa shape index (κ3) is 9.28. The van der Waals surface area contributed by atoms with Gasteiger partial charge < -0.3 is 9.97 Å². The van der Waals surface area contributed by atoms with Crippen LogP contribution in [0.2, 0.25) is 0 Å². The number of aromatic amines is 2. The molecule has 0 fully saturated rings. The summed E-state index contributed by atoms with van der Waals surface area (Å²) in [6.07, 6.45) is 8.62. The molecule has 0 unspecified atom stereocenters. The van der Waals surface area contributed by atoms with Crippen LogP contribution in [0, 0.1) is 62.3 Å². The summed E-state index contributed by atoms with van der Waals surface area (Å²) in [6.45, 7) is 31.0. The highest BCUT2D eigenvalue weighted by Crippen LogP contribution is 2.54. The van der Waals surface area contributed by atoms with Crippen molar-refractivity contribution < 1.29 is 13.6 Å². The zero-order valence-corrected chi connectivity index (χ0v) is 43.9. The third-order valence-electron chi connectivity index (χ3n) is 12.8. The van der Waals surface area contributed by atoms with E-state index in [0.717, 1.165) is 83.8 Å². The van der Waals surface area contributed by atoms with E-state index >= 15 is 0 Å². The Morgan fingerprint density at radius 1 is 0.391 bits per heavy atom. The number of hydrogen-bond donors (Lipinski definition) is 2. The number of hydrogen-bond acceptors (Lipinski definition) is 5. The molecular weight excluding hydrogens is 868 g/mol. The maximum Gasteiger partial charge on any atom is 0.362 e. The largest absolute Gasteiger partial charge is 0.362 e. The average Bonchev–Trinajstić information content (AvgIpc) is 4.07. The number of aromatic nitrogens is 4. The smallest absolute Gasteiger partial charge is 0.354 e. The molecule has 7 nitrogen and oxygen atoms in total. The molecule has 0 amide bonds. The molecule has 3 aromatic heterocycles. The molecular formula is C61H65N4O3P. The van der Waals surface area contributed by atoms with E-state index < -0.39 is 18.8 Å². The van der Waals surface area contributed by atoms with Gasteiger partial charge in [0.15, 0.2) is 0 Å². The highest BCUT2D eigenvalue weighted by Gasteiger charge is 2.37. The number of nitrogens with one attached hydrogen (secondary N) is 2. The van der Waals surface area contributed by atoms with Gasteiger partial charge in [-0.1, -0.05) is 65.2 Å². The number of fused-ring (bicyclic) bond motifs is 8. The van der Waals surface area contributed by atoms with Gasteiger partial charge in [-0.2, -0.15) is 0 Å². The van der Waals surface area contributed by atoms with Crippen LogP contribution >= 0.6 is 7.60 Å². The summed E-state index contributed by atoms with van der Waals surface area (Å²) in [5.41, 5.74) is 24.8. The van der Waals surface area contributed by atoms with Gasteiger partial charge in [-0.15, -0.1) is 0 Å². The van der Waals surface area contributed by atoms with Crippen molar-refractivity contribution in [2.24, 2.45) is 0 Å². The second kappa shape index (κ2) is 17.5. The van der Waals surface area contributed by atoms with E-state index in [4.69, 9.17) is 19.0 Å². The lowest BCUT2D eigenvalue weighted by molar-refractivity contribution is 0.0548. The van der Waals surface area contributed by atoms with Crippen molar-refractivity contribution in [2.75, 3.05) is 0 Å². The summed E-state index contributed by atoms with van der Waals surface area (Å²) in [6, 6.07) is 30.1. The summed E-state index contributed by atoms with van der Waals surface area (Å²) in [5.74, 6) is 0. The molecule has 69 heavy (non-hydrogen) atoms. The van der Waals surface area contributed by atoms with Crippen molar-refractivity contribution in [3.63, 3.8) is 0 Å². The van der Waals surface area contributed by atoms with Gasteiger partial charge in [0.1, 0.15) is 0 Å². The zero-order chi connectivity index (χ0) is 49.5. The predicted molar refractivity (Wildman–Crippen MR) is 292 cm³/mol. The van der Waals surface area contributed by atoms with Crippen molar-refractivity contribution in [1.29, 1.82) is 0 Å². The Labute approximate surface area is 408 Å². The van der Waals surface area contributed by atoms with Crippen molar-refractivity contribution >= 4 is 59.3 Å². The summed E-state index contributed by atoms with van der Waals surface area (Å²) in [7, 11) is -3.76. The number of H-pyrrole nitrogens is 2. The quantitative estimate of drug-likeness (QED) is 0.155. The number of rotatable bonds is 7. The Morgan fingerprint density at radius 3 is 0.957 bits per heavy atom. The molecule has 2 aliphatic heterocycles. The molecule has 0 saturated carbocycles. The molecule has 7 aromatic rings. The molecule has 9 rings (SSSR count). The summed E-state index contributed by atoms with van der Waals surface area (Å²) in [4.78, 5) is 19.1. The second-order valence-corrected chi connectivity index (χ2v) is 23.2. The Bertz CT molecular complexity index is 3390. The second-order valence-electron chi connectivity index (χ2n) is 21.3. The van der Waals surface area contributed by atoms with Crippen LogP contribution < -0.4 is 5.30 Å². The van der Waals surface area contributed by atoms with Gasteiger partial charge in [0.05, 0.1) is 39.3 Å². The van der Waals surface area contributed by atoms with Crippen LogP contribution in [-0.4, -0.2) is 31.1 Å². The van der Waals surface area contributed by atoms with Crippen LogP contribution in [0.3, 0.4) is 0 Å². The maximum atomic E-state index is 14.8. The fourth-order valence-corrected chi connectivity index (χ4v) is 12.9. The molecule has 352 valence electrons. The molecule has 2 N–H and O–H groups in total. The fourth-order valence-electron chi connectivity index (χ4n) is 10.7. The lowest BCUT2D eigenvalue weighted by Gasteiger charge is -2.32. The molecule has 4 aromatic carbocycles. The first-order valence-corrected chi connectivity index (χ1v) is 25.5. The minimum atomic E-state index is -3.76. The van der Waals surface area contributed by atoms with Crippen LogP contribution in [0.5, 0.6) is 0 Å². The third-order valence-corrected chi connectivity index (χ3v) is 15.3. The molecule has 0 atom stereocenters. The van der Waals surface area contributed by atoms with Crippen LogP contribution in [0.4, 0.5) is 0 Å². The van der Waals surface area contributed by atoms with Gasteiger partial charge >= 0.3 is 7.60 Å². The normalized spacial score (nSPS) is 12.9. The molecule has 0 spiro atoms. The summed E-state index contributed by atoms with van der Waals surface area (Å²) >= 11 is 0. The molecule has 5 heterocycles. The van der Waals surface area contributed by atoms with Gasteiger partial charge in [0.25, 0.3) is 0 Å². The van der Waals surface area contributed by atoms with Gasteiger partial charge in [-0.25, -0.2) is 9.97 Å². The van der Waals surface area contributed by atoms with E-state index in [0.29, 0.717) is 5.30 Å². The van der Waals surface area contributed by atoms with Gasteiger partial charge in [-0.05, 0) is 220 Å². The monoisotopic (exact) mass is 932 g/mol. The first-order valence-electron chi connectivity index (χ1n) is 24.0. The van der Waals surface area contributed by atoms with Crippen molar-refractivity contribution in [1.82, 2.24) is 19.9 Å². The van der Waals surface area contributed by atoms with E-state index in [1.807, 2.05) is 65.8 Å². The Hall–Kier alpha value is -6.37. The topological polar surface area (TPSA) is 92.9 Å². The minimum Gasteiger partial charge on any atom is -0.354 e. The SMILES string of the molecule is Cc1cc(C)c(-c2c3nc(c(-c4c(C)cc(C)cc4C)c4ccc([nH]4)c(-c4c(C)cc(C)cc4C)c4nc(c(-c5ccc(P(=O)(OC(C)(C)C)OC(C)(C)C)cc5)c5ccc2[nH]5)C=C4)C=C3)c(C)c1. The van der Waals surface area contributed by atoms with Gasteiger partial charge in [-0.3, -0.25) is 13.6 Å². The van der Waals surface area contributed by atoms with E-state index in [-0.39, 0.29) is 0 Å². The van der Waals surface area contributed by atoms with Crippen LogP contribution in [-0.2, 0) is 13.6 Å². The highest BCUT2D eigenvalue weighted by atomic mass is 31.2. The highest BCUT2D eigenvalue weighted by molar-refractivity contribution is 7.62. The van der Waals surface area contributed by atoms with Gasteiger partial charge in [0, 0.05) is 44.3 Å². The molecule has 2 aliphatic rings. The number of aryl methyl sites for hydroxylation is 9. The Balaban J connectivity index is 1.45. The van der Waals surface area contributed by atoms with E-state index in [2.05, 4.69) is 157 Å². The van der Waals surface area contributed by atoms with Crippen LogP contribution in [0.25, 0.3) is 90.9 Å². The van der Waals surface area contributed by atoms with Crippen molar-refractivity contribution in [2.45, 2.75) is 115 Å². The lowest BCUT2D eigenvalue weighted by atomic mass is 9.92. The van der Waals surface area contributed by atoms with Crippen LogP contribution in [0.15, 0.2) is 84.9 Å². The standard InChI is InChI=1S/C61H65N4O3P/c1-34-28-37(4)53(38(5)29-34)57-47-22-20-45(62-47)56(43-16-18-44(19-17-43)69(66,67-60(10,11)12)68-61(13,14)15)46-21-23-48(63-46)58(54-39(6)30-35(2)31-40(54)7)50-25-27-52(65-50)59(51-26-24-49(57)64-51)55-41(8)32-36(3)33-42(55)9/h16-33,62,65H,1-15H3. The van der Waals surface area contributed by atoms with Crippen molar-refractivity contribution in [3.05, 3.63) is 158 Å². The van der Waals surface area contributed by atoms with Crippen LogP contribution in [0.1, 0.15) is 114 Å². The molecule has 0 radical (unpaired) electrons. The number of benzene rings is 4. The Morgan fingerprint density at radius 2 is 0.667 bits per heavy atom. The van der Waals surface area contributed by atoms with Gasteiger partial charge in [0.2, 0.25) is 0 Å². The first kappa shape index (κ1) is 47.7. The average molecular weight is 933 g/mol. The Kier molecular flexibility index (Phi) is 12.1. The number of nitrogens with zero attached hydrogens (tertiary/aromatic N) is 2. The van der Waals surface area contributed by atoms with E-state index in [1.165, 1.54) is 55.6 Å². The zero-order valence-electron chi connectivity index (χ0n) is 43.0. The molecule has 0 aliphatic carbocycles. The summed E-state index contributed by atoms with van der Waals surface area (Å²) < 4.78 is 27.3. The molecule has 8 heteroatoms. The van der Waals surface area contributed by atoms with Crippen molar-refractivity contribution in [3.8, 4) is 44.5 Å². The van der Waals surface area contributed by atoms with E-state index in [1.54, 1.807) is 0 Å².